The molecule has 0 aromatic heterocycles. The molecule has 1 fully saturated rings. The third-order valence-corrected chi connectivity index (χ3v) is 3.81. The fourth-order valence-electron chi connectivity index (χ4n) is 2.40. The topological polar surface area (TPSA) is 20.2 Å². The van der Waals surface area contributed by atoms with Gasteiger partial charge in [0.1, 0.15) is 0 Å². The molecule has 0 aliphatic heterocycles. The van der Waals surface area contributed by atoms with E-state index in [-0.39, 0.29) is 6.10 Å². The number of halogens is 1. The number of aliphatic hydroxyl groups is 1. The van der Waals surface area contributed by atoms with Gasteiger partial charge >= 0.3 is 0 Å². The van der Waals surface area contributed by atoms with E-state index in [0.29, 0.717) is 5.92 Å². The molecule has 2 rings (SSSR count). The summed E-state index contributed by atoms with van der Waals surface area (Å²) >= 11 is 3.48. The zero-order valence-corrected chi connectivity index (χ0v) is 10.4. The van der Waals surface area contributed by atoms with Gasteiger partial charge in [0, 0.05) is 4.47 Å². The normalized spacial score (nSPS) is 25.7. The maximum atomic E-state index is 9.71. The van der Waals surface area contributed by atoms with Crippen LogP contribution in [0.25, 0.3) is 0 Å². The van der Waals surface area contributed by atoms with Crippen molar-refractivity contribution in [1.82, 2.24) is 0 Å². The average molecular weight is 269 g/mol. The second-order valence-corrected chi connectivity index (χ2v) is 5.34. The molecule has 1 aliphatic rings. The fraction of sp³-hybridized carbons (Fsp3) is 0.538. The first-order valence-corrected chi connectivity index (χ1v) is 6.47. The summed E-state index contributed by atoms with van der Waals surface area (Å²) in [4.78, 5) is 0. The number of rotatable bonds is 3. The van der Waals surface area contributed by atoms with Crippen molar-refractivity contribution in [3.05, 3.63) is 34.3 Å². The zero-order chi connectivity index (χ0) is 10.7. The monoisotopic (exact) mass is 268 g/mol. The summed E-state index contributed by atoms with van der Waals surface area (Å²) in [6, 6.07) is 8.45. The third kappa shape index (κ3) is 3.05. The third-order valence-electron chi connectivity index (χ3n) is 3.31. The Morgan fingerprint density at radius 2 is 2.20 bits per heavy atom. The van der Waals surface area contributed by atoms with Gasteiger partial charge in [-0.15, -0.1) is 0 Å². The van der Waals surface area contributed by atoms with E-state index in [0.717, 1.165) is 23.7 Å². The first-order valence-electron chi connectivity index (χ1n) is 5.68. The van der Waals surface area contributed by atoms with Crippen LogP contribution in [0.2, 0.25) is 0 Å². The SMILES string of the molecule is OC1CCCC1CCc1cccc(Br)c1. The Labute approximate surface area is 99.6 Å². The van der Waals surface area contributed by atoms with E-state index in [1.54, 1.807) is 0 Å². The Kier molecular flexibility index (Phi) is 3.81. The molecule has 1 aromatic carbocycles. The smallest absolute Gasteiger partial charge is 0.0568 e. The van der Waals surface area contributed by atoms with E-state index >= 15 is 0 Å². The molecule has 0 radical (unpaired) electrons. The number of aryl methyl sites for hydroxylation is 1. The molecule has 1 nitrogen and oxygen atoms in total. The summed E-state index contributed by atoms with van der Waals surface area (Å²) in [6.07, 6.45) is 5.57. The Balaban J connectivity index is 1.87. The minimum absolute atomic E-state index is 0.0443. The number of hydrogen-bond acceptors (Lipinski definition) is 1. The summed E-state index contributed by atoms with van der Waals surface area (Å²) < 4.78 is 1.15. The van der Waals surface area contributed by atoms with Crippen LogP contribution in [-0.4, -0.2) is 11.2 Å². The molecule has 15 heavy (non-hydrogen) atoms. The highest BCUT2D eigenvalue weighted by molar-refractivity contribution is 9.10. The lowest BCUT2D eigenvalue weighted by atomic mass is 9.97. The van der Waals surface area contributed by atoms with Crippen molar-refractivity contribution >= 4 is 15.9 Å². The average Bonchev–Trinajstić information content (AvgIpc) is 2.61. The molecule has 0 spiro atoms. The van der Waals surface area contributed by atoms with Crippen molar-refractivity contribution in [3.8, 4) is 0 Å². The largest absolute Gasteiger partial charge is 0.393 e. The van der Waals surface area contributed by atoms with Crippen molar-refractivity contribution in [2.45, 2.75) is 38.2 Å². The first-order chi connectivity index (χ1) is 7.25. The Hall–Kier alpha value is -0.340. The van der Waals surface area contributed by atoms with Crippen molar-refractivity contribution in [2.75, 3.05) is 0 Å². The second kappa shape index (κ2) is 5.13. The minimum Gasteiger partial charge on any atom is -0.393 e. The van der Waals surface area contributed by atoms with Crippen molar-refractivity contribution in [1.29, 1.82) is 0 Å². The summed E-state index contributed by atoms with van der Waals surface area (Å²) in [7, 11) is 0. The lowest BCUT2D eigenvalue weighted by molar-refractivity contribution is 0.128. The predicted molar refractivity (Wildman–Crippen MR) is 65.8 cm³/mol. The highest BCUT2D eigenvalue weighted by Crippen LogP contribution is 2.29. The molecule has 1 saturated carbocycles. The van der Waals surface area contributed by atoms with Crippen LogP contribution in [0.4, 0.5) is 0 Å². The van der Waals surface area contributed by atoms with Crippen molar-refractivity contribution in [2.24, 2.45) is 5.92 Å². The quantitative estimate of drug-likeness (QED) is 0.889. The van der Waals surface area contributed by atoms with Gasteiger partial charge < -0.3 is 5.11 Å². The van der Waals surface area contributed by atoms with Crippen LogP contribution in [0.5, 0.6) is 0 Å². The van der Waals surface area contributed by atoms with E-state index in [4.69, 9.17) is 0 Å². The van der Waals surface area contributed by atoms with E-state index in [1.807, 2.05) is 6.07 Å². The summed E-state index contributed by atoms with van der Waals surface area (Å²) in [6.45, 7) is 0. The van der Waals surface area contributed by atoms with Gasteiger partial charge in [-0.3, -0.25) is 0 Å². The van der Waals surface area contributed by atoms with E-state index in [1.165, 1.54) is 18.4 Å². The molecule has 0 amide bonds. The van der Waals surface area contributed by atoms with Crippen LogP contribution in [0.3, 0.4) is 0 Å². The molecule has 0 saturated heterocycles. The lowest BCUT2D eigenvalue weighted by Gasteiger charge is -2.13. The summed E-state index contributed by atoms with van der Waals surface area (Å²) in [5.41, 5.74) is 1.36. The molecule has 1 aromatic rings. The Bertz CT molecular complexity index is 324. The molecule has 2 heteroatoms. The molecule has 1 aliphatic carbocycles. The summed E-state index contributed by atoms with van der Waals surface area (Å²) in [5.74, 6) is 0.531. The lowest BCUT2D eigenvalue weighted by Crippen LogP contribution is -2.13. The van der Waals surface area contributed by atoms with E-state index < -0.39 is 0 Å². The molecule has 2 unspecified atom stereocenters. The highest BCUT2D eigenvalue weighted by Gasteiger charge is 2.24. The van der Waals surface area contributed by atoms with E-state index in [2.05, 4.69) is 34.1 Å². The fourth-order valence-corrected chi connectivity index (χ4v) is 2.85. The van der Waals surface area contributed by atoms with Crippen molar-refractivity contribution < 1.29 is 5.11 Å². The van der Waals surface area contributed by atoms with Crippen LogP contribution in [-0.2, 0) is 6.42 Å². The summed E-state index contributed by atoms with van der Waals surface area (Å²) in [5, 5.41) is 9.71. The van der Waals surface area contributed by atoms with Crippen LogP contribution in [0.1, 0.15) is 31.2 Å². The van der Waals surface area contributed by atoms with Crippen molar-refractivity contribution in [3.63, 3.8) is 0 Å². The first kappa shape index (κ1) is 11.2. The van der Waals surface area contributed by atoms with Gasteiger partial charge in [0.2, 0.25) is 0 Å². The van der Waals surface area contributed by atoms with Crippen LogP contribution >= 0.6 is 15.9 Å². The van der Waals surface area contributed by atoms with Gasteiger partial charge in [0.15, 0.2) is 0 Å². The maximum Gasteiger partial charge on any atom is 0.0568 e. The standard InChI is InChI=1S/C13H17BrO/c14-12-5-1-3-10(9-12)7-8-11-4-2-6-13(11)15/h1,3,5,9,11,13,15H,2,4,6-8H2. The zero-order valence-electron chi connectivity index (χ0n) is 8.82. The number of aliphatic hydroxyl groups excluding tert-OH is 1. The highest BCUT2D eigenvalue weighted by atomic mass is 79.9. The van der Waals surface area contributed by atoms with Crippen LogP contribution < -0.4 is 0 Å². The molecule has 0 heterocycles. The van der Waals surface area contributed by atoms with Gasteiger partial charge in [-0.25, -0.2) is 0 Å². The van der Waals surface area contributed by atoms with Crippen LogP contribution in [0.15, 0.2) is 28.7 Å². The van der Waals surface area contributed by atoms with Gasteiger partial charge in [-0.05, 0) is 49.3 Å². The maximum absolute atomic E-state index is 9.71. The van der Waals surface area contributed by atoms with E-state index in [9.17, 15) is 5.11 Å². The second-order valence-electron chi connectivity index (χ2n) is 4.43. The predicted octanol–water partition coefficient (Wildman–Crippen LogP) is 3.54. The number of benzene rings is 1. The molecule has 82 valence electrons. The Morgan fingerprint density at radius 3 is 2.87 bits per heavy atom. The van der Waals surface area contributed by atoms with Gasteiger partial charge in [0.05, 0.1) is 6.10 Å². The molecular formula is C13H17BrO. The molecular weight excluding hydrogens is 252 g/mol. The van der Waals surface area contributed by atoms with Gasteiger partial charge in [-0.2, -0.15) is 0 Å². The molecule has 1 N–H and O–H groups in total. The number of hydrogen-bond donors (Lipinski definition) is 1. The Morgan fingerprint density at radius 1 is 1.33 bits per heavy atom. The minimum atomic E-state index is -0.0443. The molecule has 2 atom stereocenters. The van der Waals surface area contributed by atoms with Gasteiger partial charge in [-0.1, -0.05) is 34.5 Å². The van der Waals surface area contributed by atoms with Gasteiger partial charge in [0.25, 0.3) is 0 Å². The molecule has 0 bridgehead atoms. The van der Waals surface area contributed by atoms with Crippen LogP contribution in [0, 0.1) is 5.92 Å².